The van der Waals surface area contributed by atoms with E-state index < -0.39 is 42.2 Å². The smallest absolute Gasteiger partial charge is 0.390 e. The molecule has 2 unspecified atom stereocenters. The highest BCUT2D eigenvalue weighted by molar-refractivity contribution is 5.96. The number of hydrogen-bond acceptors (Lipinski definition) is 5. The molecule has 7 nitrogen and oxygen atoms in total. The van der Waals surface area contributed by atoms with Crippen molar-refractivity contribution in [2.75, 3.05) is 19.6 Å². The Labute approximate surface area is 213 Å². The highest BCUT2D eigenvalue weighted by atomic mass is 19.4. The van der Waals surface area contributed by atoms with Crippen molar-refractivity contribution in [3.8, 4) is 0 Å². The fourth-order valence-electron chi connectivity index (χ4n) is 5.85. The standard InChI is InChI=1S/C27H30F3N3O4/c28-27(29,30)19-6-3-5-17(12-19)25(36)31-13-24(35)32-22-14-33(15-23(22)34)20-8-10-26(11-9-20)21-7-2-1-4-18(21)16-37-26/h1-7,12,20,22-23,34H,8-11,13-16H2,(H,31,36)(H,32,35). The van der Waals surface area contributed by atoms with Crippen LogP contribution in [0.25, 0.3) is 0 Å². The van der Waals surface area contributed by atoms with Gasteiger partial charge in [-0.2, -0.15) is 13.2 Å². The van der Waals surface area contributed by atoms with E-state index in [9.17, 15) is 27.9 Å². The van der Waals surface area contributed by atoms with Gasteiger partial charge in [0.2, 0.25) is 5.91 Å². The van der Waals surface area contributed by atoms with E-state index in [1.54, 1.807) is 0 Å². The van der Waals surface area contributed by atoms with Gasteiger partial charge in [0.15, 0.2) is 0 Å². The molecule has 1 saturated carbocycles. The maximum absolute atomic E-state index is 12.9. The number of likely N-dealkylation sites (tertiary alicyclic amines) is 1. The molecule has 2 aromatic rings. The number of nitrogens with zero attached hydrogens (tertiary/aromatic N) is 1. The van der Waals surface area contributed by atoms with Gasteiger partial charge in [0, 0.05) is 24.7 Å². The third kappa shape index (κ3) is 5.37. The summed E-state index contributed by atoms with van der Waals surface area (Å²) >= 11 is 0. The Bertz CT molecular complexity index is 1160. The van der Waals surface area contributed by atoms with Gasteiger partial charge >= 0.3 is 6.18 Å². The second-order valence-corrected chi connectivity index (χ2v) is 10.1. The highest BCUT2D eigenvalue weighted by Crippen LogP contribution is 2.47. The number of carbonyl (C=O) groups excluding carboxylic acids is 2. The molecule has 0 bridgehead atoms. The van der Waals surface area contributed by atoms with Crippen molar-refractivity contribution in [1.29, 1.82) is 0 Å². The van der Waals surface area contributed by atoms with Crippen molar-refractivity contribution in [1.82, 2.24) is 15.5 Å². The van der Waals surface area contributed by atoms with Crippen LogP contribution < -0.4 is 10.6 Å². The second-order valence-electron chi connectivity index (χ2n) is 10.1. The molecule has 0 radical (unpaired) electrons. The van der Waals surface area contributed by atoms with Crippen molar-refractivity contribution < 1.29 is 32.6 Å². The highest BCUT2D eigenvalue weighted by Gasteiger charge is 2.45. The van der Waals surface area contributed by atoms with E-state index in [2.05, 4.69) is 27.7 Å². The van der Waals surface area contributed by atoms with Crippen molar-refractivity contribution >= 4 is 11.8 Å². The number of benzene rings is 2. The zero-order valence-corrected chi connectivity index (χ0v) is 20.3. The zero-order chi connectivity index (χ0) is 26.2. The lowest BCUT2D eigenvalue weighted by atomic mass is 9.77. The van der Waals surface area contributed by atoms with E-state index in [1.807, 2.05) is 12.1 Å². The number of aliphatic hydroxyl groups is 1. The van der Waals surface area contributed by atoms with Gasteiger partial charge in [0.05, 0.1) is 36.5 Å². The lowest BCUT2D eigenvalue weighted by molar-refractivity contribution is -0.137. The summed E-state index contributed by atoms with van der Waals surface area (Å²) < 4.78 is 44.9. The lowest BCUT2D eigenvalue weighted by Gasteiger charge is -2.40. The number of hydrogen-bond donors (Lipinski definition) is 3. The summed E-state index contributed by atoms with van der Waals surface area (Å²) in [4.78, 5) is 26.9. The van der Waals surface area contributed by atoms with Crippen LogP contribution in [0.15, 0.2) is 48.5 Å². The first-order valence-electron chi connectivity index (χ1n) is 12.5. The number of carbonyl (C=O) groups is 2. The molecule has 2 fully saturated rings. The Morgan fingerprint density at radius 2 is 1.84 bits per heavy atom. The predicted octanol–water partition coefficient (Wildman–Crippen LogP) is 2.96. The van der Waals surface area contributed by atoms with E-state index in [0.717, 1.165) is 43.9 Å². The molecule has 2 heterocycles. The van der Waals surface area contributed by atoms with Crippen LogP contribution in [0.1, 0.15) is 52.7 Å². The summed E-state index contributed by atoms with van der Waals surface area (Å²) in [5.74, 6) is -1.29. The number of fused-ring (bicyclic) bond motifs is 2. The third-order valence-corrected chi connectivity index (χ3v) is 7.82. The van der Waals surface area contributed by atoms with Crippen LogP contribution in [0.4, 0.5) is 13.2 Å². The molecule has 2 aromatic carbocycles. The number of aliphatic hydroxyl groups excluding tert-OH is 1. The molecular formula is C27H30F3N3O4. The molecular weight excluding hydrogens is 487 g/mol. The van der Waals surface area contributed by atoms with E-state index in [-0.39, 0.29) is 17.2 Å². The van der Waals surface area contributed by atoms with E-state index in [0.29, 0.717) is 19.7 Å². The monoisotopic (exact) mass is 517 g/mol. The quantitative estimate of drug-likeness (QED) is 0.568. The Kier molecular flexibility index (Phi) is 6.99. The summed E-state index contributed by atoms with van der Waals surface area (Å²) in [6.45, 7) is 1.17. The van der Waals surface area contributed by atoms with Crippen molar-refractivity contribution in [2.45, 2.75) is 62.3 Å². The lowest BCUT2D eigenvalue weighted by Crippen LogP contribution is -2.47. The third-order valence-electron chi connectivity index (χ3n) is 7.82. The maximum Gasteiger partial charge on any atom is 0.416 e. The summed E-state index contributed by atoms with van der Waals surface area (Å²) in [6, 6.07) is 12.2. The molecule has 5 rings (SSSR count). The van der Waals surface area contributed by atoms with E-state index in [4.69, 9.17) is 4.74 Å². The first kappa shape index (κ1) is 25.7. The summed E-state index contributed by atoms with van der Waals surface area (Å²) in [5, 5.41) is 15.7. The molecule has 3 aliphatic rings. The summed E-state index contributed by atoms with van der Waals surface area (Å²) in [7, 11) is 0. The number of nitrogens with one attached hydrogen (secondary N) is 2. The molecule has 0 aromatic heterocycles. The van der Waals surface area contributed by atoms with Crippen LogP contribution in [0, 0.1) is 0 Å². The van der Waals surface area contributed by atoms with Gasteiger partial charge in [-0.05, 0) is 55.0 Å². The van der Waals surface area contributed by atoms with Gasteiger partial charge in [-0.25, -0.2) is 0 Å². The molecule has 2 atom stereocenters. The van der Waals surface area contributed by atoms with Crippen LogP contribution in [-0.2, 0) is 27.9 Å². The van der Waals surface area contributed by atoms with Gasteiger partial charge in [0.25, 0.3) is 5.91 Å². The van der Waals surface area contributed by atoms with Crippen LogP contribution in [0.3, 0.4) is 0 Å². The topological polar surface area (TPSA) is 90.9 Å². The molecule has 2 aliphatic heterocycles. The largest absolute Gasteiger partial charge is 0.416 e. The van der Waals surface area contributed by atoms with E-state index in [1.165, 1.54) is 17.2 Å². The maximum atomic E-state index is 12.9. The Balaban J connectivity index is 1.10. The first-order valence-corrected chi connectivity index (χ1v) is 12.5. The number of amides is 2. The number of halogens is 3. The summed E-state index contributed by atoms with van der Waals surface area (Å²) in [5.41, 5.74) is 1.19. The van der Waals surface area contributed by atoms with Crippen LogP contribution >= 0.6 is 0 Å². The second kappa shape index (κ2) is 10.1. The Morgan fingerprint density at radius 3 is 2.59 bits per heavy atom. The number of rotatable bonds is 5. The van der Waals surface area contributed by atoms with Gasteiger partial charge in [-0.1, -0.05) is 30.3 Å². The molecule has 37 heavy (non-hydrogen) atoms. The normalized spacial score (nSPS) is 27.7. The molecule has 1 aliphatic carbocycles. The molecule has 198 valence electrons. The minimum atomic E-state index is -4.56. The fraction of sp³-hybridized carbons (Fsp3) is 0.481. The van der Waals surface area contributed by atoms with Crippen LogP contribution in [0.5, 0.6) is 0 Å². The minimum Gasteiger partial charge on any atom is -0.390 e. The van der Waals surface area contributed by atoms with Crippen LogP contribution in [0.2, 0.25) is 0 Å². The number of β-amino-alcohol motifs (C(OH)–C–C–N with tert-alkyl or cyclic N) is 1. The molecule has 1 saturated heterocycles. The number of alkyl halides is 3. The van der Waals surface area contributed by atoms with Gasteiger partial charge in [0.1, 0.15) is 0 Å². The average molecular weight is 518 g/mol. The first-order chi connectivity index (χ1) is 17.6. The average Bonchev–Trinajstić information content (AvgIpc) is 3.43. The molecule has 1 spiro atoms. The molecule has 2 amide bonds. The van der Waals surface area contributed by atoms with Crippen molar-refractivity contribution in [3.63, 3.8) is 0 Å². The van der Waals surface area contributed by atoms with Gasteiger partial charge < -0.3 is 20.5 Å². The Morgan fingerprint density at radius 1 is 1.08 bits per heavy atom. The Hall–Kier alpha value is -2.95. The van der Waals surface area contributed by atoms with Crippen molar-refractivity contribution in [2.24, 2.45) is 0 Å². The number of ether oxygens (including phenoxy) is 1. The molecule has 10 heteroatoms. The minimum absolute atomic E-state index is 0.182. The SMILES string of the molecule is O=C(CNC(=O)c1cccc(C(F)(F)F)c1)NC1CN(C2CCC3(CC2)OCc2ccccc23)CC1O. The van der Waals surface area contributed by atoms with Gasteiger partial charge in [-0.15, -0.1) is 0 Å². The summed E-state index contributed by atoms with van der Waals surface area (Å²) in [6.07, 6.45) is -1.66. The zero-order valence-electron chi connectivity index (χ0n) is 20.3. The van der Waals surface area contributed by atoms with Gasteiger partial charge in [-0.3, -0.25) is 14.5 Å². The van der Waals surface area contributed by atoms with Crippen molar-refractivity contribution in [3.05, 3.63) is 70.8 Å². The predicted molar refractivity (Wildman–Crippen MR) is 128 cm³/mol. The molecule has 3 N–H and O–H groups in total. The van der Waals surface area contributed by atoms with E-state index >= 15 is 0 Å². The van der Waals surface area contributed by atoms with Crippen LogP contribution in [-0.4, -0.2) is 59.6 Å². The fourth-order valence-corrected chi connectivity index (χ4v) is 5.85.